The van der Waals surface area contributed by atoms with Crippen molar-refractivity contribution in [2.75, 3.05) is 20.7 Å². The minimum Gasteiger partial charge on any atom is -0.507 e. The summed E-state index contributed by atoms with van der Waals surface area (Å²) < 4.78 is 4.95. The minimum atomic E-state index is -0.454. The van der Waals surface area contributed by atoms with Gasteiger partial charge in [0.1, 0.15) is 11.5 Å². The van der Waals surface area contributed by atoms with Gasteiger partial charge in [-0.15, -0.1) is 0 Å². The molecule has 0 saturated carbocycles. The summed E-state index contributed by atoms with van der Waals surface area (Å²) in [5, 5.41) is 18.9. The number of benzene rings is 1. The lowest BCUT2D eigenvalue weighted by molar-refractivity contribution is 0.0766. The van der Waals surface area contributed by atoms with Crippen LogP contribution in [0.5, 0.6) is 11.5 Å². The molecule has 0 fully saturated rings. The van der Waals surface area contributed by atoms with Crippen LogP contribution in [0.15, 0.2) is 18.2 Å². The SMILES string of the molecule is COc1ccc(C(=O)N(C)CCC(C)O)c(O)c1. The molecular weight excluding hydrogens is 234 g/mol. The zero-order valence-electron chi connectivity index (χ0n) is 10.9. The van der Waals surface area contributed by atoms with Crippen molar-refractivity contribution in [1.82, 2.24) is 4.90 Å². The van der Waals surface area contributed by atoms with E-state index in [1.807, 2.05) is 0 Å². The van der Waals surface area contributed by atoms with Crippen LogP contribution in [-0.2, 0) is 0 Å². The van der Waals surface area contributed by atoms with Crippen molar-refractivity contribution in [3.63, 3.8) is 0 Å². The summed E-state index contributed by atoms with van der Waals surface area (Å²) in [7, 11) is 3.12. The Bertz CT molecular complexity index is 417. The van der Waals surface area contributed by atoms with Gasteiger partial charge in [-0.1, -0.05) is 0 Å². The van der Waals surface area contributed by atoms with Crippen LogP contribution in [0.1, 0.15) is 23.7 Å². The number of aliphatic hydroxyl groups is 1. The van der Waals surface area contributed by atoms with E-state index in [2.05, 4.69) is 0 Å². The van der Waals surface area contributed by atoms with E-state index in [1.54, 1.807) is 20.0 Å². The molecule has 1 aromatic rings. The van der Waals surface area contributed by atoms with Crippen molar-refractivity contribution in [2.45, 2.75) is 19.4 Å². The standard InChI is InChI=1S/C13H19NO4/c1-9(15)6-7-14(2)13(17)11-5-4-10(18-3)8-12(11)16/h4-5,8-9,15-16H,6-7H2,1-3H3. The van der Waals surface area contributed by atoms with E-state index in [4.69, 9.17) is 4.74 Å². The van der Waals surface area contributed by atoms with Gasteiger partial charge in [0.2, 0.25) is 0 Å². The Morgan fingerprint density at radius 2 is 2.17 bits per heavy atom. The predicted octanol–water partition coefficient (Wildman–Crippen LogP) is 1.24. The maximum absolute atomic E-state index is 12.0. The van der Waals surface area contributed by atoms with Crippen LogP contribution in [0.25, 0.3) is 0 Å². The Morgan fingerprint density at radius 1 is 1.50 bits per heavy atom. The van der Waals surface area contributed by atoms with Crippen LogP contribution < -0.4 is 4.74 Å². The van der Waals surface area contributed by atoms with E-state index < -0.39 is 6.10 Å². The highest BCUT2D eigenvalue weighted by Crippen LogP contribution is 2.24. The first kappa shape index (κ1) is 14.3. The first-order chi connectivity index (χ1) is 8.45. The molecule has 1 rings (SSSR count). The number of methoxy groups -OCH3 is 1. The van der Waals surface area contributed by atoms with Crippen molar-refractivity contribution in [1.29, 1.82) is 0 Å². The Kier molecular flexibility index (Phi) is 4.97. The van der Waals surface area contributed by atoms with E-state index in [1.165, 1.54) is 24.1 Å². The lowest BCUT2D eigenvalue weighted by atomic mass is 10.1. The number of aromatic hydroxyl groups is 1. The molecule has 100 valence electrons. The van der Waals surface area contributed by atoms with Crippen LogP contribution in [0.4, 0.5) is 0 Å². The Labute approximate surface area is 107 Å². The fourth-order valence-electron chi connectivity index (χ4n) is 1.51. The maximum Gasteiger partial charge on any atom is 0.257 e. The van der Waals surface area contributed by atoms with Crippen molar-refractivity contribution in [2.24, 2.45) is 0 Å². The quantitative estimate of drug-likeness (QED) is 0.828. The van der Waals surface area contributed by atoms with Gasteiger partial charge in [-0.3, -0.25) is 4.79 Å². The molecular formula is C13H19NO4. The third-order valence-electron chi connectivity index (χ3n) is 2.66. The molecule has 1 amide bonds. The smallest absolute Gasteiger partial charge is 0.257 e. The van der Waals surface area contributed by atoms with Crippen LogP contribution >= 0.6 is 0 Å². The van der Waals surface area contributed by atoms with Gasteiger partial charge >= 0.3 is 0 Å². The largest absolute Gasteiger partial charge is 0.507 e. The molecule has 0 aliphatic carbocycles. The topological polar surface area (TPSA) is 70.0 Å². The molecule has 18 heavy (non-hydrogen) atoms. The predicted molar refractivity (Wildman–Crippen MR) is 67.9 cm³/mol. The third kappa shape index (κ3) is 3.63. The summed E-state index contributed by atoms with van der Waals surface area (Å²) >= 11 is 0. The molecule has 1 atom stereocenters. The summed E-state index contributed by atoms with van der Waals surface area (Å²) in [4.78, 5) is 13.5. The van der Waals surface area contributed by atoms with E-state index >= 15 is 0 Å². The summed E-state index contributed by atoms with van der Waals surface area (Å²) in [6, 6.07) is 4.54. The first-order valence-corrected chi connectivity index (χ1v) is 5.76. The van der Waals surface area contributed by atoms with Crippen molar-refractivity contribution in [3.05, 3.63) is 23.8 Å². The summed E-state index contributed by atoms with van der Waals surface area (Å²) in [6.07, 6.45) is 0.0452. The molecule has 0 aromatic heterocycles. The minimum absolute atomic E-state index is 0.108. The fraction of sp³-hybridized carbons (Fsp3) is 0.462. The number of ether oxygens (including phenoxy) is 1. The summed E-state index contributed by atoms with van der Waals surface area (Å²) in [6.45, 7) is 2.10. The number of nitrogens with zero attached hydrogens (tertiary/aromatic N) is 1. The van der Waals surface area contributed by atoms with Gasteiger partial charge in [-0.2, -0.15) is 0 Å². The van der Waals surface area contributed by atoms with Gasteiger partial charge in [0, 0.05) is 19.7 Å². The Balaban J connectivity index is 2.77. The van der Waals surface area contributed by atoms with Gasteiger partial charge in [0.05, 0.1) is 18.8 Å². The maximum atomic E-state index is 12.0. The van der Waals surface area contributed by atoms with Crippen molar-refractivity contribution >= 4 is 5.91 Å². The number of aliphatic hydroxyl groups excluding tert-OH is 1. The number of hydrogen-bond donors (Lipinski definition) is 2. The normalized spacial score (nSPS) is 12.0. The monoisotopic (exact) mass is 253 g/mol. The number of rotatable bonds is 5. The molecule has 5 nitrogen and oxygen atoms in total. The molecule has 0 radical (unpaired) electrons. The van der Waals surface area contributed by atoms with Gasteiger partial charge in [0.15, 0.2) is 0 Å². The number of carbonyl (C=O) groups is 1. The van der Waals surface area contributed by atoms with Crippen LogP contribution in [0.3, 0.4) is 0 Å². The number of phenols is 1. The second-order valence-corrected chi connectivity index (χ2v) is 4.25. The average Bonchev–Trinajstić information content (AvgIpc) is 2.34. The van der Waals surface area contributed by atoms with E-state index in [0.717, 1.165) is 0 Å². The van der Waals surface area contributed by atoms with Gasteiger partial charge < -0.3 is 19.8 Å². The van der Waals surface area contributed by atoms with Crippen LogP contribution in [0.2, 0.25) is 0 Å². The fourth-order valence-corrected chi connectivity index (χ4v) is 1.51. The Morgan fingerprint density at radius 3 is 2.67 bits per heavy atom. The number of phenolic OH excluding ortho intramolecular Hbond substituents is 1. The lowest BCUT2D eigenvalue weighted by Crippen LogP contribution is -2.29. The Hall–Kier alpha value is -1.75. The van der Waals surface area contributed by atoms with E-state index in [-0.39, 0.29) is 17.2 Å². The molecule has 2 N–H and O–H groups in total. The number of hydrogen-bond acceptors (Lipinski definition) is 4. The molecule has 0 heterocycles. The molecule has 0 spiro atoms. The average molecular weight is 253 g/mol. The molecule has 0 bridgehead atoms. The van der Waals surface area contributed by atoms with Crippen LogP contribution in [0, 0.1) is 0 Å². The zero-order chi connectivity index (χ0) is 13.7. The number of amides is 1. The second kappa shape index (κ2) is 6.26. The highest BCUT2D eigenvalue weighted by atomic mass is 16.5. The molecule has 1 unspecified atom stereocenters. The number of carbonyl (C=O) groups excluding carboxylic acids is 1. The molecule has 1 aromatic carbocycles. The lowest BCUT2D eigenvalue weighted by Gasteiger charge is -2.18. The van der Waals surface area contributed by atoms with E-state index in [0.29, 0.717) is 18.7 Å². The van der Waals surface area contributed by atoms with Gasteiger partial charge in [0.25, 0.3) is 5.91 Å². The highest BCUT2D eigenvalue weighted by Gasteiger charge is 2.16. The molecule has 5 heteroatoms. The summed E-state index contributed by atoms with van der Waals surface area (Å²) in [5.74, 6) is 0.106. The third-order valence-corrected chi connectivity index (χ3v) is 2.66. The second-order valence-electron chi connectivity index (χ2n) is 4.25. The molecule has 0 saturated heterocycles. The van der Waals surface area contributed by atoms with Crippen molar-refractivity contribution < 1.29 is 19.7 Å². The van der Waals surface area contributed by atoms with E-state index in [9.17, 15) is 15.0 Å². The van der Waals surface area contributed by atoms with Crippen LogP contribution in [-0.4, -0.2) is 47.8 Å². The molecule has 0 aliphatic heterocycles. The zero-order valence-corrected chi connectivity index (χ0v) is 10.9. The highest BCUT2D eigenvalue weighted by molar-refractivity contribution is 5.96. The first-order valence-electron chi connectivity index (χ1n) is 5.76. The van der Waals surface area contributed by atoms with Crippen molar-refractivity contribution in [3.8, 4) is 11.5 Å². The van der Waals surface area contributed by atoms with Gasteiger partial charge in [-0.05, 0) is 25.5 Å². The van der Waals surface area contributed by atoms with Gasteiger partial charge in [-0.25, -0.2) is 0 Å². The molecule has 0 aliphatic rings. The summed E-state index contributed by atoms with van der Waals surface area (Å²) in [5.41, 5.74) is 0.226.